The van der Waals surface area contributed by atoms with E-state index in [0.717, 1.165) is 16.0 Å². The van der Waals surface area contributed by atoms with Crippen LogP contribution in [0.5, 0.6) is 0 Å². The number of hydrogen-bond donors (Lipinski definition) is 2. The standard InChI is InChI=1S/C16H21N3O4S/c1-3-14-11(2)10-19(15(14)20)16(21)18-9-8-12-4-6-13(7-5-12)24(17,22)23/h4-7,10,14H,3,8-9H2,1-2H3,(H,18,21)(H2,17,22,23)/t14-/m1/s1. The second kappa shape index (κ2) is 7.14. The second-order valence-corrected chi connectivity index (χ2v) is 7.27. The lowest BCUT2D eigenvalue weighted by Crippen LogP contribution is -2.40. The van der Waals surface area contributed by atoms with Gasteiger partial charge in [0.2, 0.25) is 15.9 Å². The predicted octanol–water partition coefficient (Wildman–Crippen LogP) is 1.36. The predicted molar refractivity (Wildman–Crippen MR) is 89.3 cm³/mol. The zero-order chi connectivity index (χ0) is 17.9. The van der Waals surface area contributed by atoms with E-state index in [1.165, 1.54) is 12.1 Å². The molecule has 0 spiro atoms. The van der Waals surface area contributed by atoms with Gasteiger partial charge in [0.25, 0.3) is 0 Å². The lowest BCUT2D eigenvalue weighted by molar-refractivity contribution is -0.127. The summed E-state index contributed by atoms with van der Waals surface area (Å²) in [7, 11) is -3.70. The molecule has 0 bridgehead atoms. The summed E-state index contributed by atoms with van der Waals surface area (Å²) in [5, 5.41) is 7.73. The number of nitrogens with two attached hydrogens (primary N) is 1. The number of nitrogens with zero attached hydrogens (tertiary/aromatic N) is 1. The average molecular weight is 351 g/mol. The van der Waals surface area contributed by atoms with Gasteiger partial charge in [0, 0.05) is 12.7 Å². The number of amides is 3. The van der Waals surface area contributed by atoms with Crippen molar-refractivity contribution in [1.82, 2.24) is 10.2 Å². The van der Waals surface area contributed by atoms with Crippen LogP contribution in [-0.4, -0.2) is 31.8 Å². The van der Waals surface area contributed by atoms with Crippen LogP contribution < -0.4 is 10.5 Å². The largest absolute Gasteiger partial charge is 0.337 e. The molecule has 8 heteroatoms. The molecule has 0 saturated heterocycles. The number of carbonyl (C=O) groups excluding carboxylic acids is 2. The molecule has 2 rings (SSSR count). The first-order valence-corrected chi connectivity index (χ1v) is 9.19. The molecular formula is C16H21N3O4S. The SMILES string of the molecule is CC[C@H]1C(=O)N(C(=O)NCCc2ccc(S(N)(=O)=O)cc2)C=C1C. The van der Waals surface area contributed by atoms with Gasteiger partial charge in [-0.1, -0.05) is 19.1 Å². The minimum absolute atomic E-state index is 0.0455. The van der Waals surface area contributed by atoms with E-state index in [2.05, 4.69) is 5.32 Å². The van der Waals surface area contributed by atoms with Crippen molar-refractivity contribution in [2.45, 2.75) is 31.6 Å². The fraction of sp³-hybridized carbons (Fsp3) is 0.375. The highest BCUT2D eigenvalue weighted by Gasteiger charge is 2.33. The molecule has 0 fully saturated rings. The molecule has 3 N–H and O–H groups in total. The van der Waals surface area contributed by atoms with Crippen LogP contribution in [0.25, 0.3) is 0 Å². The molecule has 0 unspecified atom stereocenters. The quantitative estimate of drug-likeness (QED) is 0.834. The van der Waals surface area contributed by atoms with E-state index < -0.39 is 16.1 Å². The van der Waals surface area contributed by atoms with Crippen LogP contribution in [0.4, 0.5) is 4.79 Å². The molecule has 1 aliphatic rings. The van der Waals surface area contributed by atoms with Gasteiger partial charge in [-0.15, -0.1) is 0 Å². The van der Waals surface area contributed by atoms with Gasteiger partial charge < -0.3 is 5.32 Å². The lowest BCUT2D eigenvalue weighted by atomic mass is 10.0. The first kappa shape index (κ1) is 18.2. The fourth-order valence-corrected chi connectivity index (χ4v) is 3.14. The van der Waals surface area contributed by atoms with Crippen LogP contribution >= 0.6 is 0 Å². The van der Waals surface area contributed by atoms with Gasteiger partial charge in [-0.05, 0) is 43.0 Å². The molecule has 3 amide bonds. The van der Waals surface area contributed by atoms with Crippen LogP contribution in [0, 0.1) is 5.92 Å². The number of primary sulfonamides is 1. The lowest BCUT2D eigenvalue weighted by Gasteiger charge is -2.15. The van der Waals surface area contributed by atoms with E-state index in [1.54, 1.807) is 18.3 Å². The molecule has 1 aliphatic heterocycles. The third-order valence-corrected chi connectivity index (χ3v) is 4.92. The van der Waals surface area contributed by atoms with Crippen molar-refractivity contribution in [3.63, 3.8) is 0 Å². The fourth-order valence-electron chi connectivity index (χ4n) is 2.62. The number of rotatable bonds is 5. The van der Waals surface area contributed by atoms with Crippen molar-refractivity contribution in [3.05, 3.63) is 41.6 Å². The maximum absolute atomic E-state index is 12.1. The monoisotopic (exact) mass is 351 g/mol. The van der Waals surface area contributed by atoms with Crippen molar-refractivity contribution in [3.8, 4) is 0 Å². The van der Waals surface area contributed by atoms with Crippen molar-refractivity contribution in [2.75, 3.05) is 6.54 Å². The highest BCUT2D eigenvalue weighted by molar-refractivity contribution is 7.89. The van der Waals surface area contributed by atoms with E-state index in [1.807, 2.05) is 13.8 Å². The first-order valence-electron chi connectivity index (χ1n) is 7.65. The summed E-state index contributed by atoms with van der Waals surface area (Å²) < 4.78 is 22.4. The topological polar surface area (TPSA) is 110 Å². The molecule has 0 saturated carbocycles. The van der Waals surface area contributed by atoms with Gasteiger partial charge in [0.1, 0.15) is 0 Å². The Hall–Kier alpha value is -2.19. The third-order valence-electron chi connectivity index (χ3n) is 3.99. The van der Waals surface area contributed by atoms with Crippen molar-refractivity contribution in [1.29, 1.82) is 0 Å². The summed E-state index contributed by atoms with van der Waals surface area (Å²) in [5.74, 6) is -0.425. The Morgan fingerprint density at radius 3 is 2.42 bits per heavy atom. The molecule has 1 aromatic carbocycles. The third kappa shape index (κ3) is 4.01. The van der Waals surface area contributed by atoms with Gasteiger partial charge in [0.05, 0.1) is 10.8 Å². The summed E-state index contributed by atoms with van der Waals surface area (Å²) >= 11 is 0. The second-order valence-electron chi connectivity index (χ2n) is 5.71. The van der Waals surface area contributed by atoms with Crippen molar-refractivity contribution in [2.24, 2.45) is 11.1 Å². The van der Waals surface area contributed by atoms with E-state index in [9.17, 15) is 18.0 Å². The molecule has 7 nitrogen and oxygen atoms in total. The Balaban J connectivity index is 1.88. The summed E-state index contributed by atoms with van der Waals surface area (Å²) in [4.78, 5) is 25.4. The smallest absolute Gasteiger partial charge is 0.328 e. The zero-order valence-corrected chi connectivity index (χ0v) is 14.5. The number of sulfonamides is 1. The molecule has 1 aromatic rings. The molecule has 0 radical (unpaired) electrons. The van der Waals surface area contributed by atoms with Gasteiger partial charge in [-0.2, -0.15) is 0 Å². The average Bonchev–Trinajstić information content (AvgIpc) is 2.81. The summed E-state index contributed by atoms with van der Waals surface area (Å²) in [6, 6.07) is 5.69. The first-order chi connectivity index (χ1) is 11.2. The molecule has 0 aromatic heterocycles. The van der Waals surface area contributed by atoms with Crippen molar-refractivity contribution >= 4 is 22.0 Å². The van der Waals surface area contributed by atoms with Crippen LogP contribution in [0.3, 0.4) is 0 Å². The number of imide groups is 1. The Morgan fingerprint density at radius 2 is 1.92 bits per heavy atom. The molecule has 0 aliphatic carbocycles. The summed E-state index contributed by atoms with van der Waals surface area (Å²) in [6.07, 6.45) is 2.76. The Bertz CT molecular complexity index is 769. The number of urea groups is 1. The summed E-state index contributed by atoms with van der Waals surface area (Å²) in [5.41, 5.74) is 1.74. The van der Waals surface area contributed by atoms with Gasteiger partial charge >= 0.3 is 6.03 Å². The van der Waals surface area contributed by atoms with Crippen molar-refractivity contribution < 1.29 is 18.0 Å². The highest BCUT2D eigenvalue weighted by atomic mass is 32.2. The highest BCUT2D eigenvalue weighted by Crippen LogP contribution is 2.25. The van der Waals surface area contributed by atoms with E-state index in [4.69, 9.17) is 5.14 Å². The maximum Gasteiger partial charge on any atom is 0.328 e. The van der Waals surface area contributed by atoms with E-state index >= 15 is 0 Å². The number of carbonyl (C=O) groups is 2. The van der Waals surface area contributed by atoms with Gasteiger partial charge in [-0.25, -0.2) is 23.3 Å². The Morgan fingerprint density at radius 1 is 1.29 bits per heavy atom. The molecular weight excluding hydrogens is 330 g/mol. The van der Waals surface area contributed by atoms with Crippen LogP contribution in [0.15, 0.2) is 40.9 Å². The molecule has 130 valence electrons. The molecule has 24 heavy (non-hydrogen) atoms. The normalized spacial score (nSPS) is 17.8. The van der Waals surface area contributed by atoms with Gasteiger partial charge in [-0.3, -0.25) is 4.79 Å². The molecule has 1 atom stereocenters. The Kier molecular flexibility index (Phi) is 5.40. The van der Waals surface area contributed by atoms with Crippen LogP contribution in [0.1, 0.15) is 25.8 Å². The summed E-state index contributed by atoms with van der Waals surface area (Å²) in [6.45, 7) is 4.08. The van der Waals surface area contributed by atoms with Gasteiger partial charge in [0.15, 0.2) is 0 Å². The van der Waals surface area contributed by atoms with Crippen LogP contribution in [-0.2, 0) is 21.2 Å². The number of hydrogen-bond acceptors (Lipinski definition) is 4. The minimum Gasteiger partial charge on any atom is -0.337 e. The number of benzene rings is 1. The zero-order valence-electron chi connectivity index (χ0n) is 13.7. The number of nitrogens with one attached hydrogen (secondary N) is 1. The van der Waals surface area contributed by atoms with E-state index in [-0.39, 0.29) is 16.7 Å². The maximum atomic E-state index is 12.1. The minimum atomic E-state index is -3.70. The van der Waals surface area contributed by atoms with E-state index in [0.29, 0.717) is 19.4 Å². The van der Waals surface area contributed by atoms with Crippen LogP contribution in [0.2, 0.25) is 0 Å². The Labute approximate surface area is 141 Å². The molecule has 1 heterocycles.